The van der Waals surface area contributed by atoms with Crippen LogP contribution in [0.3, 0.4) is 0 Å². The molecule has 0 radical (unpaired) electrons. The molecule has 0 bridgehead atoms. The largest absolute Gasteiger partial charge is 0.329 e. The number of nitrogens with one attached hydrogen (secondary N) is 1. The lowest BCUT2D eigenvalue weighted by molar-refractivity contribution is -0.163. The summed E-state index contributed by atoms with van der Waals surface area (Å²) in [5.74, 6) is -0.408. The standard InChI is InChI=1S/C21H24N6O2S/c1-4-9-25(10-5-2)21(23-14(3)24-29-21)19-17-15-7-6-11-26(15)20(28)18-16(8-12-30-18)27(17)13-22-19/h4-5,8,12-13,15H,1-2,6-7,9-11H2,3H3,(H,23,24)/t15-,21?/m0/s1. The van der Waals surface area contributed by atoms with Gasteiger partial charge in [-0.25, -0.2) is 25.2 Å². The summed E-state index contributed by atoms with van der Waals surface area (Å²) in [7, 11) is 0. The molecular formula is C21H24N6O2S. The van der Waals surface area contributed by atoms with Crippen molar-refractivity contribution in [3.8, 4) is 5.69 Å². The minimum Gasteiger partial charge on any atom is -0.329 e. The van der Waals surface area contributed by atoms with Gasteiger partial charge in [0.25, 0.3) is 11.8 Å². The molecule has 2 aromatic rings. The van der Waals surface area contributed by atoms with Gasteiger partial charge in [0.1, 0.15) is 22.7 Å². The number of amidine groups is 1. The molecule has 30 heavy (non-hydrogen) atoms. The Morgan fingerprint density at radius 2 is 2.23 bits per heavy atom. The van der Waals surface area contributed by atoms with Gasteiger partial charge in [-0.2, -0.15) is 0 Å². The molecule has 0 aliphatic carbocycles. The van der Waals surface area contributed by atoms with Crippen LogP contribution in [-0.4, -0.2) is 50.7 Å². The van der Waals surface area contributed by atoms with Crippen LogP contribution in [-0.2, 0) is 10.7 Å². The molecule has 2 atom stereocenters. The summed E-state index contributed by atoms with van der Waals surface area (Å²) in [4.78, 5) is 33.8. The Bertz CT molecular complexity index is 1050. The highest BCUT2D eigenvalue weighted by Crippen LogP contribution is 2.45. The van der Waals surface area contributed by atoms with Crippen molar-refractivity contribution in [2.24, 2.45) is 4.99 Å². The first-order chi connectivity index (χ1) is 14.6. The predicted molar refractivity (Wildman–Crippen MR) is 115 cm³/mol. The Hall–Kier alpha value is -2.75. The summed E-state index contributed by atoms with van der Waals surface area (Å²) in [6.07, 6.45) is 7.26. The van der Waals surface area contributed by atoms with Gasteiger partial charge in [-0.15, -0.1) is 24.5 Å². The lowest BCUT2D eigenvalue weighted by Crippen LogP contribution is -2.48. The molecule has 1 fully saturated rings. The maximum Gasteiger partial charge on any atom is 0.289 e. The van der Waals surface area contributed by atoms with Crippen molar-refractivity contribution in [2.75, 3.05) is 19.6 Å². The highest BCUT2D eigenvalue weighted by Gasteiger charge is 2.51. The van der Waals surface area contributed by atoms with Crippen molar-refractivity contribution in [2.45, 2.75) is 31.7 Å². The maximum atomic E-state index is 13.2. The zero-order valence-corrected chi connectivity index (χ0v) is 17.7. The van der Waals surface area contributed by atoms with Gasteiger partial charge in [0, 0.05) is 19.6 Å². The minimum atomic E-state index is -1.16. The van der Waals surface area contributed by atoms with E-state index in [9.17, 15) is 4.79 Å². The molecule has 0 saturated carbocycles. The number of hydrogen-bond acceptors (Lipinski definition) is 7. The normalized spacial score (nSPS) is 24.7. The van der Waals surface area contributed by atoms with Gasteiger partial charge < -0.3 is 4.90 Å². The number of hydrogen-bond donors (Lipinski definition) is 1. The van der Waals surface area contributed by atoms with Gasteiger partial charge in [-0.1, -0.05) is 12.2 Å². The second-order valence-electron chi connectivity index (χ2n) is 7.63. The third kappa shape index (κ3) is 2.62. The van der Waals surface area contributed by atoms with E-state index in [1.165, 1.54) is 11.3 Å². The number of aromatic nitrogens is 2. The Labute approximate surface area is 179 Å². The second kappa shape index (κ2) is 7.19. The average molecular weight is 425 g/mol. The fourth-order valence-corrected chi connectivity index (χ4v) is 5.47. The van der Waals surface area contributed by atoms with Crippen LogP contribution in [0, 0.1) is 0 Å². The van der Waals surface area contributed by atoms with Gasteiger partial charge in [-0.05, 0) is 31.2 Å². The van der Waals surface area contributed by atoms with Crippen molar-refractivity contribution in [3.63, 3.8) is 0 Å². The van der Waals surface area contributed by atoms with Gasteiger partial charge in [-0.3, -0.25) is 9.36 Å². The molecule has 8 nitrogen and oxygen atoms in total. The second-order valence-corrected chi connectivity index (χ2v) is 8.55. The molecule has 0 spiro atoms. The van der Waals surface area contributed by atoms with Crippen molar-refractivity contribution in [3.05, 3.63) is 59.3 Å². The lowest BCUT2D eigenvalue weighted by Gasteiger charge is -2.35. The zero-order chi connectivity index (χ0) is 20.9. The molecule has 156 valence electrons. The summed E-state index contributed by atoms with van der Waals surface area (Å²) >= 11 is 1.47. The molecule has 5 rings (SSSR count). The number of fused-ring (bicyclic) bond motifs is 5. The molecule has 1 unspecified atom stereocenters. The van der Waals surface area contributed by atoms with E-state index in [1.807, 2.05) is 44.9 Å². The number of nitrogens with zero attached hydrogens (tertiary/aromatic N) is 5. The van der Waals surface area contributed by atoms with E-state index in [0.29, 0.717) is 24.6 Å². The van der Waals surface area contributed by atoms with Crippen LogP contribution in [0.15, 0.2) is 48.1 Å². The van der Waals surface area contributed by atoms with Crippen molar-refractivity contribution in [1.29, 1.82) is 0 Å². The van der Waals surface area contributed by atoms with Crippen LogP contribution in [0.4, 0.5) is 0 Å². The van der Waals surface area contributed by atoms with E-state index in [2.05, 4.69) is 18.6 Å². The smallest absolute Gasteiger partial charge is 0.289 e. The number of aliphatic imine (C=N–C) groups is 1. The van der Waals surface area contributed by atoms with Crippen LogP contribution in [0.2, 0.25) is 0 Å². The third-order valence-corrected chi connectivity index (χ3v) is 6.72. The molecule has 3 aliphatic rings. The van der Waals surface area contributed by atoms with Crippen LogP contribution >= 0.6 is 11.3 Å². The lowest BCUT2D eigenvalue weighted by atomic mass is 10.0. The molecule has 3 aliphatic heterocycles. The summed E-state index contributed by atoms with van der Waals surface area (Å²) in [5, 5.41) is 1.95. The minimum absolute atomic E-state index is 0.0690. The quantitative estimate of drug-likeness (QED) is 0.722. The number of rotatable bonds is 6. The Balaban J connectivity index is 1.75. The molecule has 1 N–H and O–H groups in total. The topological polar surface area (TPSA) is 75.0 Å². The zero-order valence-electron chi connectivity index (χ0n) is 16.9. The Kier molecular flexibility index (Phi) is 4.61. The number of carbonyl (C=O) groups is 1. The average Bonchev–Trinajstić information content (AvgIpc) is 3.50. The molecule has 9 heteroatoms. The first kappa shape index (κ1) is 19.2. The fraction of sp³-hybridized carbons (Fsp3) is 0.381. The number of amides is 1. The van der Waals surface area contributed by atoms with Gasteiger partial charge in [0.2, 0.25) is 0 Å². The van der Waals surface area contributed by atoms with Crippen molar-refractivity contribution < 1.29 is 9.63 Å². The number of imidazole rings is 1. The summed E-state index contributed by atoms with van der Waals surface area (Å²) < 4.78 is 2.04. The molecule has 2 aromatic heterocycles. The van der Waals surface area contributed by atoms with Crippen LogP contribution < -0.4 is 5.48 Å². The summed E-state index contributed by atoms with van der Waals surface area (Å²) in [5.41, 5.74) is 5.43. The molecule has 1 amide bonds. The van der Waals surface area contributed by atoms with Gasteiger partial charge in [0.05, 0.1) is 17.4 Å². The SMILES string of the molecule is C=CCN(CC=C)C1(c2ncn3c2[C@@H]2CCCN2C(=O)c2sccc2-3)N=C(C)NO1. The van der Waals surface area contributed by atoms with E-state index >= 15 is 0 Å². The predicted octanol–water partition coefficient (Wildman–Crippen LogP) is 2.96. The first-order valence-electron chi connectivity index (χ1n) is 10.0. The monoisotopic (exact) mass is 424 g/mol. The van der Waals surface area contributed by atoms with E-state index in [4.69, 9.17) is 14.8 Å². The van der Waals surface area contributed by atoms with Crippen molar-refractivity contribution >= 4 is 23.1 Å². The first-order valence-corrected chi connectivity index (χ1v) is 10.9. The molecule has 5 heterocycles. The number of hydroxylamine groups is 1. The summed E-state index contributed by atoms with van der Waals surface area (Å²) in [6, 6.07) is 1.91. The van der Waals surface area contributed by atoms with Crippen LogP contribution in [0.1, 0.15) is 46.9 Å². The number of carbonyl (C=O) groups excluding carboxylic acids is 1. The third-order valence-electron chi connectivity index (χ3n) is 5.83. The molecular weight excluding hydrogens is 400 g/mol. The van der Waals surface area contributed by atoms with Crippen molar-refractivity contribution in [1.82, 2.24) is 24.8 Å². The van der Waals surface area contributed by atoms with E-state index in [1.54, 1.807) is 6.33 Å². The number of thiophene rings is 1. The molecule has 1 saturated heterocycles. The summed E-state index contributed by atoms with van der Waals surface area (Å²) in [6.45, 7) is 11.5. The molecule has 0 aromatic carbocycles. The van der Waals surface area contributed by atoms with E-state index in [-0.39, 0.29) is 11.9 Å². The van der Waals surface area contributed by atoms with E-state index < -0.39 is 5.85 Å². The maximum absolute atomic E-state index is 13.2. The van der Waals surface area contributed by atoms with Gasteiger partial charge in [0.15, 0.2) is 0 Å². The Morgan fingerprint density at radius 3 is 2.93 bits per heavy atom. The van der Waals surface area contributed by atoms with E-state index in [0.717, 1.165) is 35.6 Å². The Morgan fingerprint density at radius 1 is 1.43 bits per heavy atom. The van der Waals surface area contributed by atoms with Gasteiger partial charge >= 0.3 is 0 Å². The fourth-order valence-electron chi connectivity index (χ4n) is 4.63. The van der Waals surface area contributed by atoms with Crippen LogP contribution in [0.25, 0.3) is 5.69 Å². The van der Waals surface area contributed by atoms with Crippen LogP contribution in [0.5, 0.6) is 0 Å². The highest BCUT2D eigenvalue weighted by molar-refractivity contribution is 7.12. The highest BCUT2D eigenvalue weighted by atomic mass is 32.1.